The molecule has 0 bridgehead atoms. The zero-order chi connectivity index (χ0) is 15.1. The molecular formula is C16H28N4O. The van der Waals surface area contributed by atoms with Crippen LogP contribution in [0.15, 0.2) is 6.20 Å². The Labute approximate surface area is 128 Å². The number of aryl methyl sites for hydroxylation is 1. The van der Waals surface area contributed by atoms with Crippen LogP contribution >= 0.6 is 0 Å². The van der Waals surface area contributed by atoms with Crippen LogP contribution in [0.25, 0.3) is 0 Å². The minimum absolute atomic E-state index is 0.318. The maximum atomic E-state index is 5.78. The van der Waals surface area contributed by atoms with Gasteiger partial charge in [-0.05, 0) is 39.2 Å². The van der Waals surface area contributed by atoms with Gasteiger partial charge >= 0.3 is 0 Å². The van der Waals surface area contributed by atoms with Gasteiger partial charge in [-0.25, -0.2) is 9.97 Å². The van der Waals surface area contributed by atoms with Gasteiger partial charge < -0.3 is 15.0 Å². The highest BCUT2D eigenvalue weighted by Crippen LogP contribution is 2.16. The molecule has 5 nitrogen and oxygen atoms in total. The molecule has 1 aromatic heterocycles. The van der Waals surface area contributed by atoms with Crippen LogP contribution in [0.4, 0.5) is 5.95 Å². The van der Waals surface area contributed by atoms with E-state index in [1.807, 2.05) is 13.2 Å². The second-order valence-electron chi connectivity index (χ2n) is 5.83. The number of likely N-dealkylation sites (N-methyl/N-ethyl adjacent to an activating group) is 1. The Balaban J connectivity index is 1.91. The Morgan fingerprint density at radius 2 is 2.29 bits per heavy atom. The average Bonchev–Trinajstić information content (AvgIpc) is 2.50. The summed E-state index contributed by atoms with van der Waals surface area (Å²) in [7, 11) is 2.04. The second-order valence-corrected chi connectivity index (χ2v) is 5.83. The van der Waals surface area contributed by atoms with E-state index in [-0.39, 0.29) is 0 Å². The van der Waals surface area contributed by atoms with E-state index in [4.69, 9.17) is 4.74 Å². The fourth-order valence-corrected chi connectivity index (χ4v) is 2.58. The van der Waals surface area contributed by atoms with Gasteiger partial charge in [0.15, 0.2) is 0 Å². The summed E-state index contributed by atoms with van der Waals surface area (Å²) in [5.74, 6) is 0.793. The molecule has 0 aromatic carbocycles. The molecule has 118 valence electrons. The van der Waals surface area contributed by atoms with Gasteiger partial charge in [0, 0.05) is 44.2 Å². The largest absolute Gasteiger partial charge is 0.376 e. The predicted molar refractivity (Wildman–Crippen MR) is 85.6 cm³/mol. The molecule has 0 aliphatic carbocycles. The molecule has 1 N–H and O–H groups in total. The number of nitrogens with zero attached hydrogens (tertiary/aromatic N) is 3. The third kappa shape index (κ3) is 4.93. The summed E-state index contributed by atoms with van der Waals surface area (Å²) in [6.07, 6.45) is 7.00. The Kier molecular flexibility index (Phi) is 6.39. The first kappa shape index (κ1) is 16.2. The molecule has 0 saturated carbocycles. The van der Waals surface area contributed by atoms with E-state index in [1.165, 1.54) is 18.4 Å². The molecule has 0 radical (unpaired) electrons. The van der Waals surface area contributed by atoms with Crippen molar-refractivity contribution in [1.29, 1.82) is 0 Å². The highest BCUT2D eigenvalue weighted by molar-refractivity contribution is 5.32. The van der Waals surface area contributed by atoms with E-state index in [0.29, 0.717) is 6.10 Å². The number of anilines is 1. The topological polar surface area (TPSA) is 50.3 Å². The van der Waals surface area contributed by atoms with Gasteiger partial charge in [0.25, 0.3) is 0 Å². The van der Waals surface area contributed by atoms with Crippen LogP contribution in [0, 0.1) is 6.92 Å². The molecule has 5 heteroatoms. The number of hydrogen-bond donors (Lipinski definition) is 1. The summed E-state index contributed by atoms with van der Waals surface area (Å²) < 4.78 is 5.78. The van der Waals surface area contributed by atoms with Gasteiger partial charge in [-0.2, -0.15) is 0 Å². The maximum Gasteiger partial charge on any atom is 0.225 e. The van der Waals surface area contributed by atoms with E-state index in [0.717, 1.165) is 50.7 Å². The van der Waals surface area contributed by atoms with E-state index < -0.39 is 0 Å². The fraction of sp³-hybridized carbons (Fsp3) is 0.750. The summed E-state index contributed by atoms with van der Waals surface area (Å²) >= 11 is 0. The minimum Gasteiger partial charge on any atom is -0.376 e. The van der Waals surface area contributed by atoms with Crippen LogP contribution in [0.5, 0.6) is 0 Å². The van der Waals surface area contributed by atoms with Crippen LogP contribution in [0.3, 0.4) is 0 Å². The van der Waals surface area contributed by atoms with Gasteiger partial charge in [-0.15, -0.1) is 0 Å². The van der Waals surface area contributed by atoms with E-state index in [9.17, 15) is 0 Å². The lowest BCUT2D eigenvalue weighted by Crippen LogP contribution is -2.34. The van der Waals surface area contributed by atoms with Crippen molar-refractivity contribution in [3.8, 4) is 0 Å². The zero-order valence-corrected chi connectivity index (χ0v) is 13.6. The SMILES string of the molecule is CCCNCc1cnc(N(C)CC2CCCCO2)nc1C. The number of aromatic nitrogens is 2. The zero-order valence-electron chi connectivity index (χ0n) is 13.6. The van der Waals surface area contributed by atoms with Crippen molar-refractivity contribution < 1.29 is 4.74 Å². The second kappa shape index (κ2) is 8.29. The summed E-state index contributed by atoms with van der Waals surface area (Å²) in [4.78, 5) is 11.2. The van der Waals surface area contributed by atoms with Crippen molar-refractivity contribution in [1.82, 2.24) is 15.3 Å². The first-order chi connectivity index (χ1) is 10.2. The third-order valence-electron chi connectivity index (χ3n) is 3.90. The standard InChI is InChI=1S/C16H28N4O/c1-4-8-17-10-14-11-18-16(19-13(14)2)20(3)12-15-7-5-6-9-21-15/h11,15,17H,4-10,12H2,1-3H3. The quantitative estimate of drug-likeness (QED) is 0.781. The molecule has 1 aliphatic heterocycles. The molecule has 1 aromatic rings. The Bertz CT molecular complexity index is 432. The van der Waals surface area contributed by atoms with Crippen molar-refractivity contribution in [3.05, 3.63) is 17.5 Å². The van der Waals surface area contributed by atoms with Gasteiger partial charge in [0.1, 0.15) is 0 Å². The van der Waals surface area contributed by atoms with Crippen LogP contribution in [0.1, 0.15) is 43.9 Å². The lowest BCUT2D eigenvalue weighted by molar-refractivity contribution is 0.0214. The first-order valence-corrected chi connectivity index (χ1v) is 8.06. The van der Waals surface area contributed by atoms with Gasteiger partial charge in [-0.3, -0.25) is 0 Å². The smallest absolute Gasteiger partial charge is 0.225 e. The van der Waals surface area contributed by atoms with Crippen molar-refractivity contribution in [2.75, 3.05) is 31.6 Å². The third-order valence-corrected chi connectivity index (χ3v) is 3.90. The van der Waals surface area contributed by atoms with Crippen LogP contribution in [0.2, 0.25) is 0 Å². The minimum atomic E-state index is 0.318. The molecule has 1 saturated heterocycles. The number of nitrogens with one attached hydrogen (secondary N) is 1. The first-order valence-electron chi connectivity index (χ1n) is 8.06. The predicted octanol–water partition coefficient (Wildman–Crippen LogP) is 2.29. The Hall–Kier alpha value is -1.20. The van der Waals surface area contributed by atoms with Crippen LogP contribution in [-0.2, 0) is 11.3 Å². The average molecular weight is 292 g/mol. The Morgan fingerprint density at radius 1 is 1.43 bits per heavy atom. The highest BCUT2D eigenvalue weighted by Gasteiger charge is 2.17. The monoisotopic (exact) mass is 292 g/mol. The molecule has 1 fully saturated rings. The lowest BCUT2D eigenvalue weighted by atomic mass is 10.1. The maximum absolute atomic E-state index is 5.78. The van der Waals surface area contributed by atoms with Crippen LogP contribution < -0.4 is 10.2 Å². The summed E-state index contributed by atoms with van der Waals surface area (Å²) in [5, 5.41) is 3.39. The molecule has 1 atom stereocenters. The summed E-state index contributed by atoms with van der Waals surface area (Å²) in [6.45, 7) is 7.85. The molecular weight excluding hydrogens is 264 g/mol. The molecule has 2 heterocycles. The molecule has 21 heavy (non-hydrogen) atoms. The van der Waals surface area contributed by atoms with Gasteiger partial charge in [0.05, 0.1) is 6.10 Å². The molecule has 1 unspecified atom stereocenters. The molecule has 2 rings (SSSR count). The number of rotatable bonds is 7. The fourth-order valence-electron chi connectivity index (χ4n) is 2.58. The number of hydrogen-bond acceptors (Lipinski definition) is 5. The van der Waals surface area contributed by atoms with Gasteiger partial charge in [-0.1, -0.05) is 6.92 Å². The Morgan fingerprint density at radius 3 is 2.95 bits per heavy atom. The number of ether oxygens (including phenoxy) is 1. The van der Waals surface area contributed by atoms with Crippen molar-refractivity contribution in [2.24, 2.45) is 0 Å². The van der Waals surface area contributed by atoms with E-state index >= 15 is 0 Å². The highest BCUT2D eigenvalue weighted by atomic mass is 16.5. The van der Waals surface area contributed by atoms with Gasteiger partial charge in [0.2, 0.25) is 5.95 Å². The van der Waals surface area contributed by atoms with Crippen molar-refractivity contribution in [3.63, 3.8) is 0 Å². The van der Waals surface area contributed by atoms with Crippen molar-refractivity contribution in [2.45, 2.75) is 52.2 Å². The normalized spacial score (nSPS) is 18.7. The molecule has 0 spiro atoms. The lowest BCUT2D eigenvalue weighted by Gasteiger charge is -2.27. The van der Waals surface area contributed by atoms with E-state index in [1.54, 1.807) is 0 Å². The summed E-state index contributed by atoms with van der Waals surface area (Å²) in [5.41, 5.74) is 2.23. The molecule has 0 amide bonds. The van der Waals surface area contributed by atoms with Crippen molar-refractivity contribution >= 4 is 5.95 Å². The summed E-state index contributed by atoms with van der Waals surface area (Å²) in [6, 6.07) is 0. The molecule has 1 aliphatic rings. The van der Waals surface area contributed by atoms with Crippen LogP contribution in [-0.4, -0.2) is 42.8 Å². The van der Waals surface area contributed by atoms with E-state index in [2.05, 4.69) is 34.0 Å².